The molecule has 0 spiro atoms. The van der Waals surface area contributed by atoms with E-state index in [1.54, 1.807) is 12.1 Å². The minimum absolute atomic E-state index is 0.0383. The predicted octanol–water partition coefficient (Wildman–Crippen LogP) is 4.77. The SMILES string of the molecule is O=S(=O)(Nc1cccnn1)c1ccc2c(c1)OCC[C@H]2c1ccc(C(F)(F)F)cc1OC1CCOCC1. The van der Waals surface area contributed by atoms with Crippen molar-refractivity contribution in [2.45, 2.75) is 42.4 Å². The van der Waals surface area contributed by atoms with Crippen molar-refractivity contribution in [2.75, 3.05) is 24.5 Å². The molecule has 8 nitrogen and oxygen atoms in total. The maximum absolute atomic E-state index is 13.5. The molecule has 1 saturated heterocycles. The quantitative estimate of drug-likeness (QED) is 0.486. The molecule has 0 aliphatic carbocycles. The average Bonchev–Trinajstić information content (AvgIpc) is 2.88. The van der Waals surface area contributed by atoms with E-state index in [0.29, 0.717) is 49.4 Å². The number of sulfonamides is 1. The van der Waals surface area contributed by atoms with Crippen molar-refractivity contribution in [3.05, 3.63) is 71.4 Å². The van der Waals surface area contributed by atoms with E-state index in [1.165, 1.54) is 30.5 Å². The van der Waals surface area contributed by atoms with Crippen LogP contribution in [0.15, 0.2) is 59.6 Å². The van der Waals surface area contributed by atoms with Gasteiger partial charge in [-0.25, -0.2) is 8.42 Å². The average molecular weight is 536 g/mol. The number of nitrogens with one attached hydrogen (secondary N) is 1. The number of fused-ring (bicyclic) bond motifs is 1. The van der Waals surface area contributed by atoms with Crippen LogP contribution in [0, 0.1) is 0 Å². The molecule has 1 fully saturated rings. The van der Waals surface area contributed by atoms with Crippen molar-refractivity contribution < 1.29 is 35.8 Å². The van der Waals surface area contributed by atoms with Crippen LogP contribution >= 0.6 is 0 Å². The summed E-state index contributed by atoms with van der Waals surface area (Å²) in [6.07, 6.45) is -1.69. The van der Waals surface area contributed by atoms with Crippen LogP contribution in [-0.4, -0.2) is 44.5 Å². The van der Waals surface area contributed by atoms with Crippen LogP contribution in [0.1, 0.15) is 41.9 Å². The number of nitrogens with zero attached hydrogens (tertiary/aromatic N) is 2. The summed E-state index contributed by atoms with van der Waals surface area (Å²) >= 11 is 0. The number of rotatable bonds is 6. The molecule has 5 rings (SSSR count). The predicted molar refractivity (Wildman–Crippen MR) is 127 cm³/mol. The largest absolute Gasteiger partial charge is 0.493 e. The summed E-state index contributed by atoms with van der Waals surface area (Å²) in [5, 5.41) is 7.39. The second-order valence-electron chi connectivity index (χ2n) is 8.78. The zero-order chi connectivity index (χ0) is 26.0. The normalized spacial score (nSPS) is 18.5. The molecule has 0 amide bonds. The van der Waals surface area contributed by atoms with Crippen molar-refractivity contribution in [3.8, 4) is 11.5 Å². The Bertz CT molecular complexity index is 1360. The lowest BCUT2D eigenvalue weighted by molar-refractivity contribution is -0.137. The van der Waals surface area contributed by atoms with Crippen LogP contribution in [0.25, 0.3) is 0 Å². The first kappa shape index (κ1) is 25.3. The van der Waals surface area contributed by atoms with Crippen LogP contribution in [0.4, 0.5) is 19.0 Å². The number of alkyl halides is 3. The van der Waals surface area contributed by atoms with Gasteiger partial charge in [-0.1, -0.05) is 12.1 Å². The fraction of sp³-hybridized carbons (Fsp3) is 0.360. The summed E-state index contributed by atoms with van der Waals surface area (Å²) in [5.74, 6) is 0.236. The van der Waals surface area contributed by atoms with Gasteiger partial charge in [-0.3, -0.25) is 4.72 Å². The molecule has 1 atom stereocenters. The molecule has 0 saturated carbocycles. The number of hydrogen-bond donors (Lipinski definition) is 1. The van der Waals surface area contributed by atoms with Crippen LogP contribution in [-0.2, 0) is 20.9 Å². The molecule has 196 valence electrons. The molecule has 2 aliphatic heterocycles. The summed E-state index contributed by atoms with van der Waals surface area (Å²) in [5.41, 5.74) is 0.473. The summed E-state index contributed by atoms with van der Waals surface area (Å²) < 4.78 is 85.8. The van der Waals surface area contributed by atoms with E-state index in [2.05, 4.69) is 14.9 Å². The van der Waals surface area contributed by atoms with Gasteiger partial charge in [0.25, 0.3) is 10.0 Å². The third-order valence-electron chi connectivity index (χ3n) is 6.32. The maximum atomic E-state index is 13.5. The smallest absolute Gasteiger partial charge is 0.416 e. The summed E-state index contributed by atoms with van der Waals surface area (Å²) in [4.78, 5) is -0.0383. The van der Waals surface area contributed by atoms with Crippen LogP contribution in [0.2, 0.25) is 0 Å². The highest BCUT2D eigenvalue weighted by Gasteiger charge is 2.34. The maximum Gasteiger partial charge on any atom is 0.416 e. The molecule has 12 heteroatoms. The van der Waals surface area contributed by atoms with Gasteiger partial charge in [0.1, 0.15) is 17.6 Å². The molecule has 0 radical (unpaired) electrons. The fourth-order valence-corrected chi connectivity index (χ4v) is 5.50. The van der Waals surface area contributed by atoms with Gasteiger partial charge in [0, 0.05) is 42.1 Å². The van der Waals surface area contributed by atoms with E-state index >= 15 is 0 Å². The highest BCUT2D eigenvalue weighted by Crippen LogP contribution is 2.44. The molecule has 3 aromatic rings. The number of anilines is 1. The summed E-state index contributed by atoms with van der Waals surface area (Å²) in [6.45, 7) is 1.23. The third-order valence-corrected chi connectivity index (χ3v) is 7.68. The second kappa shape index (κ2) is 10.2. The Morgan fingerprint density at radius 3 is 2.49 bits per heavy atom. The minimum atomic E-state index is -4.51. The Hall–Kier alpha value is -3.38. The van der Waals surface area contributed by atoms with E-state index in [4.69, 9.17) is 14.2 Å². The highest BCUT2D eigenvalue weighted by atomic mass is 32.2. The lowest BCUT2D eigenvalue weighted by Crippen LogP contribution is -2.27. The van der Waals surface area contributed by atoms with Gasteiger partial charge in [-0.2, -0.15) is 18.3 Å². The van der Waals surface area contributed by atoms with E-state index < -0.39 is 21.8 Å². The lowest BCUT2D eigenvalue weighted by atomic mass is 9.85. The Balaban J connectivity index is 1.48. The molecule has 0 unspecified atom stereocenters. The molecule has 1 N–H and O–H groups in total. The van der Waals surface area contributed by atoms with Crippen LogP contribution < -0.4 is 14.2 Å². The van der Waals surface area contributed by atoms with E-state index in [0.717, 1.165) is 12.1 Å². The van der Waals surface area contributed by atoms with Crippen molar-refractivity contribution in [1.82, 2.24) is 10.2 Å². The van der Waals surface area contributed by atoms with E-state index in [1.807, 2.05) is 0 Å². The molecule has 0 bridgehead atoms. The van der Waals surface area contributed by atoms with Gasteiger partial charge in [-0.15, -0.1) is 5.10 Å². The van der Waals surface area contributed by atoms with Crippen molar-refractivity contribution >= 4 is 15.8 Å². The molecule has 3 heterocycles. The zero-order valence-corrected chi connectivity index (χ0v) is 20.4. The fourth-order valence-electron chi connectivity index (χ4n) is 4.49. The van der Waals surface area contributed by atoms with Crippen molar-refractivity contribution in [1.29, 1.82) is 0 Å². The zero-order valence-electron chi connectivity index (χ0n) is 19.6. The van der Waals surface area contributed by atoms with Gasteiger partial charge in [0.05, 0.1) is 30.3 Å². The molecule has 1 aromatic heterocycles. The standard InChI is InChI=1S/C25H24F3N3O5S/c26-25(27,28)16-3-5-21(23(14-16)36-17-7-11-34-12-8-17)19-9-13-35-22-15-18(4-6-20(19)22)37(32,33)31-24-2-1-10-29-30-24/h1-6,10,14-15,17,19H,7-9,11-13H2,(H,30,31)/t19-/m1/s1. The van der Waals surface area contributed by atoms with Crippen molar-refractivity contribution in [3.63, 3.8) is 0 Å². The number of hydrogen-bond acceptors (Lipinski definition) is 7. The van der Waals surface area contributed by atoms with Gasteiger partial charge in [0.15, 0.2) is 5.82 Å². The first-order chi connectivity index (χ1) is 17.7. The molecular formula is C25H24F3N3O5S. The molecular weight excluding hydrogens is 511 g/mol. The van der Waals surface area contributed by atoms with Gasteiger partial charge >= 0.3 is 6.18 Å². The number of aromatic nitrogens is 2. The Morgan fingerprint density at radius 2 is 1.76 bits per heavy atom. The highest BCUT2D eigenvalue weighted by molar-refractivity contribution is 7.92. The first-order valence-corrected chi connectivity index (χ1v) is 13.2. The molecule has 2 aliphatic rings. The molecule has 37 heavy (non-hydrogen) atoms. The summed E-state index contributed by atoms with van der Waals surface area (Å²) in [6, 6.07) is 11.0. The van der Waals surface area contributed by atoms with Crippen LogP contribution in [0.5, 0.6) is 11.5 Å². The number of ether oxygens (including phenoxy) is 3. The van der Waals surface area contributed by atoms with E-state index in [9.17, 15) is 21.6 Å². The number of benzene rings is 2. The van der Waals surface area contributed by atoms with Gasteiger partial charge in [0.2, 0.25) is 0 Å². The van der Waals surface area contributed by atoms with Crippen molar-refractivity contribution in [2.24, 2.45) is 0 Å². The lowest BCUT2D eigenvalue weighted by Gasteiger charge is -2.30. The molecule has 2 aromatic carbocycles. The Labute approximate surface area is 211 Å². The van der Waals surface area contributed by atoms with E-state index in [-0.39, 0.29) is 35.1 Å². The third kappa shape index (κ3) is 5.64. The Morgan fingerprint density at radius 1 is 0.973 bits per heavy atom. The summed E-state index contributed by atoms with van der Waals surface area (Å²) in [7, 11) is -3.97. The Kier molecular flexibility index (Phi) is 6.95. The first-order valence-electron chi connectivity index (χ1n) is 11.7. The van der Waals surface area contributed by atoms with Gasteiger partial charge < -0.3 is 14.2 Å². The minimum Gasteiger partial charge on any atom is -0.493 e. The number of halogens is 3. The van der Waals surface area contributed by atoms with Crippen LogP contribution in [0.3, 0.4) is 0 Å². The topological polar surface area (TPSA) is 99.6 Å². The monoisotopic (exact) mass is 535 g/mol. The second-order valence-corrected chi connectivity index (χ2v) is 10.5. The van der Waals surface area contributed by atoms with Gasteiger partial charge in [-0.05, 0) is 36.8 Å².